The Morgan fingerprint density at radius 1 is 1.16 bits per heavy atom. The monoisotopic (exact) mass is 414 g/mol. The Morgan fingerprint density at radius 2 is 1.88 bits per heavy atom. The highest BCUT2D eigenvalue weighted by Crippen LogP contribution is 2.35. The molecule has 2 aromatic carbocycles. The van der Waals surface area contributed by atoms with E-state index in [1.165, 1.54) is 22.9 Å². The molecule has 3 rings (SSSR count). The van der Waals surface area contributed by atoms with Gasteiger partial charge in [0.05, 0.1) is 22.1 Å². The van der Waals surface area contributed by atoms with Crippen LogP contribution in [0.5, 0.6) is 5.75 Å². The zero-order valence-electron chi connectivity index (χ0n) is 13.7. The number of hydrogen-bond acceptors (Lipinski definition) is 3. The Labute approximate surface area is 166 Å². The molecule has 0 amide bonds. The van der Waals surface area contributed by atoms with Gasteiger partial charge in [-0.1, -0.05) is 34.8 Å². The fourth-order valence-electron chi connectivity index (χ4n) is 2.61. The predicted octanol–water partition coefficient (Wildman–Crippen LogP) is 6.36. The second-order valence-corrected chi connectivity index (χ2v) is 7.85. The average molecular weight is 416 g/mol. The lowest BCUT2D eigenvalue weighted by molar-refractivity contribution is 0.415. The first-order valence-electron chi connectivity index (χ1n) is 7.69. The smallest absolute Gasteiger partial charge is 0.119 e. The number of aromatic amines is 1. The highest BCUT2D eigenvalue weighted by Gasteiger charge is 2.13. The third-order valence-corrected chi connectivity index (χ3v) is 6.03. The zero-order valence-corrected chi connectivity index (χ0v) is 16.8. The van der Waals surface area contributed by atoms with E-state index in [9.17, 15) is 0 Å². The summed E-state index contributed by atoms with van der Waals surface area (Å²) in [7, 11) is 1.67. The fraction of sp³-hybridized carbons (Fsp3) is 0.222. The number of aromatic nitrogens is 1. The van der Waals surface area contributed by atoms with Crippen molar-refractivity contribution in [2.45, 2.75) is 24.3 Å². The molecular formula is C18H17Cl3N2OS. The summed E-state index contributed by atoms with van der Waals surface area (Å²) >= 11 is 19.8. The van der Waals surface area contributed by atoms with E-state index in [2.05, 4.69) is 16.6 Å². The van der Waals surface area contributed by atoms with Crippen molar-refractivity contribution in [1.82, 2.24) is 9.71 Å². The molecule has 1 atom stereocenters. The number of ether oxygens (including phenoxy) is 1. The van der Waals surface area contributed by atoms with Gasteiger partial charge in [0.15, 0.2) is 0 Å². The molecule has 0 aliphatic rings. The summed E-state index contributed by atoms with van der Waals surface area (Å²) in [6.07, 6.45) is 2.89. The zero-order chi connectivity index (χ0) is 18.0. The number of nitrogens with one attached hydrogen (secondary N) is 2. The number of benzene rings is 2. The summed E-state index contributed by atoms with van der Waals surface area (Å²) in [5.74, 6) is 0.850. The van der Waals surface area contributed by atoms with Crippen molar-refractivity contribution in [3.63, 3.8) is 0 Å². The molecule has 0 radical (unpaired) electrons. The van der Waals surface area contributed by atoms with Gasteiger partial charge in [0.25, 0.3) is 0 Å². The molecule has 2 N–H and O–H groups in total. The van der Waals surface area contributed by atoms with Crippen LogP contribution in [0.15, 0.2) is 41.4 Å². The van der Waals surface area contributed by atoms with E-state index < -0.39 is 0 Å². The maximum Gasteiger partial charge on any atom is 0.119 e. The van der Waals surface area contributed by atoms with Gasteiger partial charge in [-0.15, -0.1) is 0 Å². The van der Waals surface area contributed by atoms with Gasteiger partial charge >= 0.3 is 0 Å². The quantitative estimate of drug-likeness (QED) is 0.460. The van der Waals surface area contributed by atoms with Gasteiger partial charge in [-0.3, -0.25) is 4.72 Å². The molecule has 25 heavy (non-hydrogen) atoms. The van der Waals surface area contributed by atoms with Crippen molar-refractivity contribution in [2.24, 2.45) is 0 Å². The van der Waals surface area contributed by atoms with Crippen molar-refractivity contribution >= 4 is 57.7 Å². The SMILES string of the molecule is COc1ccc2[nH]cc(CC(C)NSc3c(Cl)cc(Cl)cc3Cl)c2c1. The molecule has 0 aliphatic heterocycles. The van der Waals surface area contributed by atoms with E-state index in [4.69, 9.17) is 39.5 Å². The molecule has 1 unspecified atom stereocenters. The molecule has 3 nitrogen and oxygen atoms in total. The molecule has 0 saturated carbocycles. The van der Waals surface area contributed by atoms with E-state index in [1.807, 2.05) is 24.4 Å². The largest absolute Gasteiger partial charge is 0.497 e. The minimum Gasteiger partial charge on any atom is -0.497 e. The normalized spacial score (nSPS) is 12.5. The lowest BCUT2D eigenvalue weighted by Crippen LogP contribution is -2.21. The van der Waals surface area contributed by atoms with Crippen LogP contribution in [0, 0.1) is 0 Å². The molecule has 0 fully saturated rings. The maximum absolute atomic E-state index is 6.22. The first-order chi connectivity index (χ1) is 12.0. The molecule has 1 heterocycles. The number of halogens is 3. The second kappa shape index (κ2) is 8.11. The van der Waals surface area contributed by atoms with Gasteiger partial charge in [-0.2, -0.15) is 0 Å². The van der Waals surface area contributed by atoms with Gasteiger partial charge in [0, 0.05) is 28.2 Å². The molecule has 0 saturated heterocycles. The molecule has 3 aromatic rings. The molecule has 0 aliphatic carbocycles. The van der Waals surface area contributed by atoms with Crippen LogP contribution in [0.4, 0.5) is 0 Å². The summed E-state index contributed by atoms with van der Waals surface area (Å²) in [5.41, 5.74) is 2.32. The number of hydrogen-bond donors (Lipinski definition) is 2. The van der Waals surface area contributed by atoms with Crippen LogP contribution in [0.3, 0.4) is 0 Å². The Morgan fingerprint density at radius 3 is 2.56 bits per heavy atom. The lowest BCUT2D eigenvalue weighted by Gasteiger charge is -2.14. The molecule has 0 bridgehead atoms. The van der Waals surface area contributed by atoms with Gasteiger partial charge < -0.3 is 9.72 Å². The number of H-pyrrole nitrogens is 1. The van der Waals surface area contributed by atoms with E-state index in [-0.39, 0.29) is 6.04 Å². The van der Waals surface area contributed by atoms with Crippen molar-refractivity contribution in [3.05, 3.63) is 57.2 Å². The van der Waals surface area contributed by atoms with Crippen molar-refractivity contribution in [1.29, 1.82) is 0 Å². The summed E-state index contributed by atoms with van der Waals surface area (Å²) in [5, 5.41) is 2.78. The fourth-order valence-corrected chi connectivity index (χ4v) is 4.37. The van der Waals surface area contributed by atoms with Crippen molar-refractivity contribution in [2.75, 3.05) is 7.11 Å². The van der Waals surface area contributed by atoms with Crippen molar-refractivity contribution in [3.8, 4) is 5.75 Å². The molecule has 1 aromatic heterocycles. The Kier molecular flexibility index (Phi) is 6.08. The summed E-state index contributed by atoms with van der Waals surface area (Å²) in [6, 6.07) is 9.61. The first kappa shape index (κ1) is 18.7. The number of rotatable bonds is 6. The van der Waals surface area contributed by atoms with Gasteiger partial charge in [-0.05, 0) is 61.2 Å². The average Bonchev–Trinajstić information content (AvgIpc) is 2.96. The topological polar surface area (TPSA) is 37.0 Å². The molecule has 0 spiro atoms. The summed E-state index contributed by atoms with van der Waals surface area (Å²) < 4.78 is 8.71. The van der Waals surface area contributed by atoms with Crippen LogP contribution in [0.25, 0.3) is 10.9 Å². The van der Waals surface area contributed by atoms with E-state index in [1.54, 1.807) is 19.2 Å². The van der Waals surface area contributed by atoms with Crippen LogP contribution in [0.2, 0.25) is 15.1 Å². The van der Waals surface area contributed by atoms with Gasteiger partial charge in [0.2, 0.25) is 0 Å². The number of methoxy groups -OCH3 is 1. The lowest BCUT2D eigenvalue weighted by atomic mass is 10.1. The summed E-state index contributed by atoms with van der Waals surface area (Å²) in [6.45, 7) is 2.11. The van der Waals surface area contributed by atoms with Crippen LogP contribution in [-0.4, -0.2) is 18.1 Å². The Hall–Kier alpha value is -1.04. The van der Waals surface area contributed by atoms with Gasteiger partial charge in [0.1, 0.15) is 5.75 Å². The second-order valence-electron chi connectivity index (χ2n) is 5.75. The first-order valence-corrected chi connectivity index (χ1v) is 9.64. The van der Waals surface area contributed by atoms with Crippen LogP contribution < -0.4 is 9.46 Å². The van der Waals surface area contributed by atoms with E-state index in [0.29, 0.717) is 15.1 Å². The Bertz CT molecular complexity index is 874. The molecular weight excluding hydrogens is 399 g/mol. The van der Waals surface area contributed by atoms with Crippen molar-refractivity contribution < 1.29 is 4.74 Å². The standard InChI is InChI=1S/C18H17Cl3N2OS/c1-10(23-25-18-15(20)6-12(19)7-16(18)21)5-11-9-22-17-4-3-13(24-2)8-14(11)17/h3-4,6-10,22-23H,5H2,1-2H3. The van der Waals surface area contributed by atoms with Crippen LogP contribution in [0.1, 0.15) is 12.5 Å². The highest BCUT2D eigenvalue weighted by molar-refractivity contribution is 7.97. The maximum atomic E-state index is 6.22. The van der Waals surface area contributed by atoms with E-state index in [0.717, 1.165) is 22.6 Å². The predicted molar refractivity (Wildman–Crippen MR) is 108 cm³/mol. The van der Waals surface area contributed by atoms with E-state index >= 15 is 0 Å². The van der Waals surface area contributed by atoms with Gasteiger partial charge in [-0.25, -0.2) is 0 Å². The minimum absolute atomic E-state index is 0.206. The third-order valence-electron chi connectivity index (χ3n) is 3.83. The molecule has 7 heteroatoms. The Balaban J connectivity index is 1.70. The third kappa shape index (κ3) is 4.39. The highest BCUT2D eigenvalue weighted by atomic mass is 35.5. The number of fused-ring (bicyclic) bond motifs is 1. The van der Waals surface area contributed by atoms with Crippen LogP contribution in [-0.2, 0) is 6.42 Å². The van der Waals surface area contributed by atoms with Crippen LogP contribution >= 0.6 is 46.8 Å². The summed E-state index contributed by atoms with van der Waals surface area (Å²) in [4.78, 5) is 4.07. The minimum atomic E-state index is 0.206. The molecule has 132 valence electrons.